The molecule has 1 unspecified atom stereocenters. The summed E-state index contributed by atoms with van der Waals surface area (Å²) in [6.07, 6.45) is 3.44. The van der Waals surface area contributed by atoms with Crippen molar-refractivity contribution in [1.29, 1.82) is 0 Å². The van der Waals surface area contributed by atoms with E-state index in [9.17, 15) is 4.79 Å². The van der Waals surface area contributed by atoms with Crippen molar-refractivity contribution in [3.63, 3.8) is 0 Å². The van der Waals surface area contributed by atoms with Gasteiger partial charge in [0.15, 0.2) is 5.69 Å². The third-order valence-electron chi connectivity index (χ3n) is 3.12. The van der Waals surface area contributed by atoms with Gasteiger partial charge >= 0.3 is 5.97 Å². The fraction of sp³-hybridized carbons (Fsp3) is 0.583. The highest BCUT2D eigenvalue weighted by Gasteiger charge is 2.22. The fourth-order valence-corrected chi connectivity index (χ4v) is 2.19. The molecule has 1 aromatic heterocycles. The summed E-state index contributed by atoms with van der Waals surface area (Å²) >= 11 is 0. The molecule has 92 valence electrons. The van der Waals surface area contributed by atoms with E-state index in [2.05, 4.69) is 21.8 Å². The fourth-order valence-electron chi connectivity index (χ4n) is 2.19. The van der Waals surface area contributed by atoms with Crippen molar-refractivity contribution in [2.45, 2.75) is 39.2 Å². The van der Waals surface area contributed by atoms with Gasteiger partial charge in [-0.2, -0.15) is 0 Å². The highest BCUT2D eigenvalue weighted by molar-refractivity contribution is 5.85. The van der Waals surface area contributed by atoms with Gasteiger partial charge in [0.05, 0.1) is 0 Å². The number of aromatic nitrogens is 2. The Kier molecular flexibility index (Phi) is 3.26. The molecule has 0 saturated carbocycles. The van der Waals surface area contributed by atoms with Crippen molar-refractivity contribution >= 4 is 11.9 Å². The minimum Gasteiger partial charge on any atom is -0.477 e. The Morgan fingerprint density at radius 2 is 2.24 bits per heavy atom. The van der Waals surface area contributed by atoms with Gasteiger partial charge in [-0.05, 0) is 39.2 Å². The number of hydrogen-bond donors (Lipinski definition) is 1. The Morgan fingerprint density at radius 3 is 2.88 bits per heavy atom. The van der Waals surface area contributed by atoms with Crippen molar-refractivity contribution in [3.8, 4) is 0 Å². The Morgan fingerprint density at radius 1 is 1.47 bits per heavy atom. The number of aromatic carboxylic acids is 1. The molecule has 0 spiro atoms. The van der Waals surface area contributed by atoms with Crippen LogP contribution < -0.4 is 4.90 Å². The molecule has 5 heteroatoms. The maximum absolute atomic E-state index is 11.0. The molecule has 5 nitrogen and oxygen atoms in total. The average molecular weight is 235 g/mol. The molecule has 2 rings (SSSR count). The third kappa shape index (κ3) is 2.54. The second-order valence-electron chi connectivity index (χ2n) is 4.54. The van der Waals surface area contributed by atoms with E-state index in [4.69, 9.17) is 5.11 Å². The minimum atomic E-state index is -0.999. The number of rotatable bonds is 2. The SMILES string of the molecule is Cc1cc(C(=O)O)nc(N2CCCCC2C)n1. The molecule has 0 radical (unpaired) electrons. The van der Waals surface area contributed by atoms with Crippen LogP contribution in [0.5, 0.6) is 0 Å². The molecule has 1 saturated heterocycles. The topological polar surface area (TPSA) is 66.3 Å². The van der Waals surface area contributed by atoms with Gasteiger partial charge in [0.2, 0.25) is 5.95 Å². The molecule has 1 aliphatic rings. The second-order valence-corrected chi connectivity index (χ2v) is 4.54. The van der Waals surface area contributed by atoms with E-state index in [0.29, 0.717) is 17.7 Å². The van der Waals surface area contributed by atoms with Gasteiger partial charge in [0.1, 0.15) is 0 Å². The molecule has 1 aromatic rings. The summed E-state index contributed by atoms with van der Waals surface area (Å²) in [4.78, 5) is 21.5. The lowest BCUT2D eigenvalue weighted by Crippen LogP contribution is -2.39. The molecule has 0 bridgehead atoms. The van der Waals surface area contributed by atoms with Gasteiger partial charge < -0.3 is 10.0 Å². The van der Waals surface area contributed by atoms with Crippen molar-refractivity contribution in [2.75, 3.05) is 11.4 Å². The summed E-state index contributed by atoms with van der Waals surface area (Å²) in [6.45, 7) is 4.83. The Labute approximate surface area is 100 Å². The smallest absolute Gasteiger partial charge is 0.354 e. The molecule has 1 fully saturated rings. The predicted octanol–water partition coefficient (Wildman–Crippen LogP) is 1.86. The third-order valence-corrected chi connectivity index (χ3v) is 3.12. The molecular formula is C12H17N3O2. The van der Waals surface area contributed by atoms with E-state index in [1.54, 1.807) is 6.92 Å². The zero-order valence-electron chi connectivity index (χ0n) is 10.2. The highest BCUT2D eigenvalue weighted by Crippen LogP contribution is 2.21. The number of hydrogen-bond acceptors (Lipinski definition) is 4. The van der Waals surface area contributed by atoms with E-state index in [0.717, 1.165) is 19.4 Å². The zero-order chi connectivity index (χ0) is 12.4. The van der Waals surface area contributed by atoms with Crippen LogP contribution in [0.4, 0.5) is 5.95 Å². The molecule has 1 aliphatic heterocycles. The van der Waals surface area contributed by atoms with Gasteiger partial charge in [-0.3, -0.25) is 0 Å². The molecule has 0 amide bonds. The lowest BCUT2D eigenvalue weighted by molar-refractivity contribution is 0.0690. The van der Waals surface area contributed by atoms with Crippen LogP contribution in [0, 0.1) is 6.92 Å². The van der Waals surface area contributed by atoms with Crippen molar-refractivity contribution in [1.82, 2.24) is 9.97 Å². The van der Waals surface area contributed by atoms with E-state index in [1.165, 1.54) is 12.5 Å². The van der Waals surface area contributed by atoms with E-state index in [-0.39, 0.29) is 5.69 Å². The Hall–Kier alpha value is -1.65. The number of carbonyl (C=O) groups is 1. The molecular weight excluding hydrogens is 218 g/mol. The molecule has 0 aliphatic carbocycles. The predicted molar refractivity (Wildman–Crippen MR) is 64.4 cm³/mol. The van der Waals surface area contributed by atoms with Crippen LogP contribution in [0.3, 0.4) is 0 Å². The van der Waals surface area contributed by atoms with Gasteiger partial charge in [-0.25, -0.2) is 14.8 Å². The standard InChI is InChI=1S/C12H17N3O2/c1-8-7-10(11(16)17)14-12(13-8)15-6-4-3-5-9(15)2/h7,9H,3-6H2,1-2H3,(H,16,17). The largest absolute Gasteiger partial charge is 0.477 e. The van der Waals surface area contributed by atoms with Crippen LogP contribution in [-0.2, 0) is 0 Å². The first-order valence-electron chi connectivity index (χ1n) is 5.93. The number of anilines is 1. The summed E-state index contributed by atoms with van der Waals surface area (Å²) in [6, 6.07) is 1.88. The van der Waals surface area contributed by atoms with E-state index >= 15 is 0 Å². The van der Waals surface area contributed by atoms with E-state index < -0.39 is 5.97 Å². The van der Waals surface area contributed by atoms with Crippen LogP contribution >= 0.6 is 0 Å². The number of carboxylic acids is 1. The molecule has 0 aromatic carbocycles. The van der Waals surface area contributed by atoms with Crippen LogP contribution in [0.2, 0.25) is 0 Å². The molecule has 2 heterocycles. The lowest BCUT2D eigenvalue weighted by Gasteiger charge is -2.33. The first kappa shape index (κ1) is 11.8. The van der Waals surface area contributed by atoms with Crippen LogP contribution in [0.15, 0.2) is 6.07 Å². The van der Waals surface area contributed by atoms with Gasteiger partial charge in [-0.1, -0.05) is 0 Å². The summed E-state index contributed by atoms with van der Waals surface area (Å²) in [5, 5.41) is 8.99. The monoisotopic (exact) mass is 235 g/mol. The lowest BCUT2D eigenvalue weighted by atomic mass is 10.0. The first-order valence-corrected chi connectivity index (χ1v) is 5.93. The van der Waals surface area contributed by atoms with Crippen LogP contribution in [0.1, 0.15) is 42.4 Å². The summed E-state index contributed by atoms with van der Waals surface area (Å²) < 4.78 is 0. The highest BCUT2D eigenvalue weighted by atomic mass is 16.4. The normalized spacial score (nSPS) is 20.4. The summed E-state index contributed by atoms with van der Waals surface area (Å²) in [7, 11) is 0. The Bertz CT molecular complexity index is 434. The number of aryl methyl sites for hydroxylation is 1. The average Bonchev–Trinajstić information content (AvgIpc) is 2.28. The summed E-state index contributed by atoms with van der Waals surface area (Å²) in [5.74, 6) is -0.448. The summed E-state index contributed by atoms with van der Waals surface area (Å²) in [5.41, 5.74) is 0.774. The van der Waals surface area contributed by atoms with Gasteiger partial charge in [0.25, 0.3) is 0 Å². The van der Waals surface area contributed by atoms with Gasteiger partial charge in [-0.15, -0.1) is 0 Å². The van der Waals surface area contributed by atoms with Gasteiger partial charge in [0, 0.05) is 18.3 Å². The van der Waals surface area contributed by atoms with Crippen LogP contribution in [-0.4, -0.2) is 33.6 Å². The maximum atomic E-state index is 11.0. The zero-order valence-corrected chi connectivity index (χ0v) is 10.2. The number of nitrogens with zero attached hydrogens (tertiary/aromatic N) is 3. The number of piperidine rings is 1. The van der Waals surface area contributed by atoms with E-state index in [1.807, 2.05) is 0 Å². The maximum Gasteiger partial charge on any atom is 0.354 e. The molecule has 1 N–H and O–H groups in total. The Balaban J connectivity index is 2.33. The molecule has 17 heavy (non-hydrogen) atoms. The number of carboxylic acid groups (broad SMARTS) is 1. The van der Waals surface area contributed by atoms with Crippen molar-refractivity contribution in [3.05, 3.63) is 17.5 Å². The minimum absolute atomic E-state index is 0.0743. The van der Waals surface area contributed by atoms with Crippen LogP contribution in [0.25, 0.3) is 0 Å². The van der Waals surface area contributed by atoms with Crippen molar-refractivity contribution in [2.24, 2.45) is 0 Å². The first-order chi connectivity index (χ1) is 8.08. The molecule has 1 atom stereocenters. The van der Waals surface area contributed by atoms with Crippen molar-refractivity contribution < 1.29 is 9.90 Å². The second kappa shape index (κ2) is 4.69. The quantitative estimate of drug-likeness (QED) is 0.847.